The maximum Gasteiger partial charge on any atom is 0.0634 e. The number of hydrogen-bond acceptors (Lipinski definition) is 1. The average molecular weight is 407 g/mol. The zero-order valence-corrected chi connectivity index (χ0v) is 20.3. The van der Waals surface area contributed by atoms with Crippen molar-refractivity contribution in [2.24, 2.45) is 17.3 Å². The molecule has 1 fully saturated rings. The van der Waals surface area contributed by atoms with Crippen LogP contribution >= 0.6 is 0 Å². The molecule has 0 radical (unpaired) electrons. The first-order valence-corrected chi connectivity index (χ1v) is 12.2. The van der Waals surface area contributed by atoms with Crippen molar-refractivity contribution in [1.82, 2.24) is 0 Å². The lowest BCUT2D eigenvalue weighted by atomic mass is 9.52. The second kappa shape index (κ2) is 7.37. The summed E-state index contributed by atoms with van der Waals surface area (Å²) in [6.07, 6.45) is 13.8. The molecule has 0 spiro atoms. The van der Waals surface area contributed by atoms with Crippen LogP contribution in [0.15, 0.2) is 35.9 Å². The van der Waals surface area contributed by atoms with Gasteiger partial charge >= 0.3 is 0 Å². The molecule has 30 heavy (non-hydrogen) atoms. The van der Waals surface area contributed by atoms with Gasteiger partial charge in [-0.05, 0) is 97.3 Å². The van der Waals surface area contributed by atoms with Gasteiger partial charge in [-0.15, -0.1) is 0 Å². The fraction of sp³-hybridized carbons (Fsp3) is 0.655. The first-order chi connectivity index (χ1) is 14.0. The summed E-state index contributed by atoms with van der Waals surface area (Å²) in [5, 5.41) is 10.6. The highest BCUT2D eigenvalue weighted by Crippen LogP contribution is 2.64. The third-order valence-corrected chi connectivity index (χ3v) is 9.63. The van der Waals surface area contributed by atoms with Crippen LogP contribution in [0, 0.1) is 17.3 Å². The highest BCUT2D eigenvalue weighted by molar-refractivity contribution is 5.52. The third-order valence-electron chi connectivity index (χ3n) is 9.63. The molecule has 0 amide bonds. The third kappa shape index (κ3) is 3.07. The minimum absolute atomic E-state index is 0.132. The summed E-state index contributed by atoms with van der Waals surface area (Å²) in [5.74, 6) is 1.35. The summed E-state index contributed by atoms with van der Waals surface area (Å²) in [5.41, 5.74) is 8.10. The molecule has 0 aromatic heterocycles. The van der Waals surface area contributed by atoms with Crippen LogP contribution < -0.4 is 0 Å². The summed E-state index contributed by atoms with van der Waals surface area (Å²) in [7, 11) is 0. The van der Waals surface area contributed by atoms with Gasteiger partial charge in [0.25, 0.3) is 0 Å². The molecule has 164 valence electrons. The number of hydrogen-bond donors (Lipinski definition) is 1. The molecule has 0 saturated heterocycles. The van der Waals surface area contributed by atoms with E-state index in [9.17, 15) is 5.11 Å². The quantitative estimate of drug-likeness (QED) is 0.533. The van der Waals surface area contributed by atoms with E-state index >= 15 is 0 Å². The van der Waals surface area contributed by atoms with Crippen molar-refractivity contribution in [3.8, 4) is 0 Å². The molecule has 5 atom stereocenters. The van der Waals surface area contributed by atoms with Crippen LogP contribution in [0.5, 0.6) is 0 Å². The summed E-state index contributed by atoms with van der Waals surface area (Å²) in [6, 6.07) is 4.83. The van der Waals surface area contributed by atoms with Crippen molar-refractivity contribution in [3.63, 3.8) is 0 Å². The van der Waals surface area contributed by atoms with E-state index in [-0.39, 0.29) is 16.9 Å². The molecule has 1 nitrogen and oxygen atoms in total. The highest BCUT2D eigenvalue weighted by Gasteiger charge is 2.58. The predicted molar refractivity (Wildman–Crippen MR) is 128 cm³/mol. The lowest BCUT2D eigenvalue weighted by Gasteiger charge is -2.52. The maximum absolute atomic E-state index is 10.6. The summed E-state index contributed by atoms with van der Waals surface area (Å²) < 4.78 is 0. The Morgan fingerprint density at radius 3 is 2.37 bits per heavy atom. The van der Waals surface area contributed by atoms with Gasteiger partial charge in [0.05, 0.1) is 6.10 Å². The van der Waals surface area contributed by atoms with Gasteiger partial charge in [0, 0.05) is 5.41 Å². The van der Waals surface area contributed by atoms with E-state index in [2.05, 4.69) is 78.8 Å². The molecule has 3 aliphatic rings. The monoisotopic (exact) mass is 406 g/mol. The second-order valence-electron chi connectivity index (χ2n) is 11.8. The zero-order chi connectivity index (χ0) is 21.9. The lowest BCUT2D eigenvalue weighted by molar-refractivity contribution is 0.0782. The summed E-state index contributed by atoms with van der Waals surface area (Å²) >= 11 is 0. The van der Waals surface area contributed by atoms with Crippen molar-refractivity contribution in [2.75, 3.05) is 0 Å². The Morgan fingerprint density at radius 1 is 1.00 bits per heavy atom. The van der Waals surface area contributed by atoms with Crippen LogP contribution in [0.25, 0.3) is 0 Å². The van der Waals surface area contributed by atoms with Gasteiger partial charge < -0.3 is 5.11 Å². The Morgan fingerprint density at radius 2 is 1.67 bits per heavy atom. The molecule has 1 aromatic carbocycles. The molecule has 1 heteroatoms. The smallest absolute Gasteiger partial charge is 0.0634 e. The fourth-order valence-electron chi connectivity index (χ4n) is 7.35. The van der Waals surface area contributed by atoms with Gasteiger partial charge in [-0.3, -0.25) is 0 Å². The molecular formula is C29H42O. The number of allylic oxidation sites excluding steroid dienone is 4. The molecule has 3 aliphatic carbocycles. The summed E-state index contributed by atoms with van der Waals surface area (Å²) in [6.45, 7) is 16.4. The van der Waals surface area contributed by atoms with E-state index in [1.807, 2.05) is 0 Å². The fourth-order valence-corrected chi connectivity index (χ4v) is 7.35. The average Bonchev–Trinajstić information content (AvgIpc) is 2.96. The van der Waals surface area contributed by atoms with Crippen LogP contribution in [0.2, 0.25) is 0 Å². The predicted octanol–water partition coefficient (Wildman–Crippen LogP) is 7.05. The van der Waals surface area contributed by atoms with Crippen LogP contribution in [0.4, 0.5) is 0 Å². The minimum atomic E-state index is -0.225. The SMILES string of the molecule is CC(C)=CC=C[C@@H](C)[C@H]1CC[C@@]2(C)c3ccc4c(c3CC[C@]12C)CC[C@H](O)C4(C)C. The van der Waals surface area contributed by atoms with E-state index in [1.54, 1.807) is 16.7 Å². The van der Waals surface area contributed by atoms with Crippen molar-refractivity contribution >= 4 is 0 Å². The van der Waals surface area contributed by atoms with Gasteiger partial charge in [-0.2, -0.15) is 0 Å². The van der Waals surface area contributed by atoms with Crippen molar-refractivity contribution < 1.29 is 5.11 Å². The van der Waals surface area contributed by atoms with E-state index < -0.39 is 0 Å². The van der Waals surface area contributed by atoms with Crippen molar-refractivity contribution in [2.45, 2.75) is 104 Å². The topological polar surface area (TPSA) is 20.2 Å². The molecule has 1 saturated carbocycles. The first-order valence-electron chi connectivity index (χ1n) is 12.2. The Labute approximate surface area is 184 Å². The molecule has 1 aromatic rings. The van der Waals surface area contributed by atoms with Gasteiger partial charge in [-0.25, -0.2) is 0 Å². The second-order valence-corrected chi connectivity index (χ2v) is 11.8. The number of aliphatic hydroxyl groups excluding tert-OH is 1. The zero-order valence-electron chi connectivity index (χ0n) is 20.3. The first kappa shape index (κ1) is 21.9. The lowest BCUT2D eigenvalue weighted by Crippen LogP contribution is -2.47. The van der Waals surface area contributed by atoms with Crippen LogP contribution in [0.1, 0.15) is 96.4 Å². The van der Waals surface area contributed by atoms with Crippen LogP contribution in [-0.2, 0) is 23.7 Å². The Bertz CT molecular complexity index is 884. The molecule has 1 N–H and O–H groups in total. The van der Waals surface area contributed by atoms with Crippen molar-refractivity contribution in [3.05, 3.63) is 58.2 Å². The van der Waals surface area contributed by atoms with E-state index in [4.69, 9.17) is 0 Å². The molecule has 4 rings (SSSR count). The van der Waals surface area contributed by atoms with Gasteiger partial charge in [0.2, 0.25) is 0 Å². The Hall–Kier alpha value is -1.34. The standard InChI is InChI=1S/C29H42O/c1-19(2)9-8-10-20(3)23-16-18-29(7)25-13-12-24-21(11-14-26(30)27(24,4)5)22(25)15-17-28(23,29)6/h8-10,12-13,20,23,26,30H,11,14-18H2,1-7H3/t20-,23-,26+,28-,29+/m1/s1. The normalized spacial score (nSPS) is 35.5. The number of rotatable bonds is 3. The number of benzene rings is 1. The Kier molecular flexibility index (Phi) is 5.37. The highest BCUT2D eigenvalue weighted by atomic mass is 16.3. The number of fused-ring (bicyclic) bond motifs is 5. The van der Waals surface area contributed by atoms with Gasteiger partial charge in [0.15, 0.2) is 0 Å². The molecule has 0 bridgehead atoms. The number of aliphatic hydroxyl groups is 1. The molecule has 0 heterocycles. The van der Waals surface area contributed by atoms with E-state index in [1.165, 1.54) is 36.8 Å². The molecular weight excluding hydrogens is 364 g/mol. The maximum atomic E-state index is 10.6. The van der Waals surface area contributed by atoms with E-state index in [0.717, 1.165) is 18.8 Å². The molecule has 0 unspecified atom stereocenters. The largest absolute Gasteiger partial charge is 0.392 e. The van der Waals surface area contributed by atoms with Crippen molar-refractivity contribution in [1.29, 1.82) is 0 Å². The van der Waals surface area contributed by atoms with Crippen LogP contribution in [0.3, 0.4) is 0 Å². The Balaban J connectivity index is 1.72. The molecule has 0 aliphatic heterocycles. The van der Waals surface area contributed by atoms with Gasteiger partial charge in [-0.1, -0.05) is 70.6 Å². The summed E-state index contributed by atoms with van der Waals surface area (Å²) in [4.78, 5) is 0. The van der Waals surface area contributed by atoms with E-state index in [0.29, 0.717) is 11.3 Å². The van der Waals surface area contributed by atoms with Gasteiger partial charge in [0.1, 0.15) is 0 Å². The van der Waals surface area contributed by atoms with Crippen LogP contribution in [-0.4, -0.2) is 11.2 Å². The minimum Gasteiger partial charge on any atom is -0.392 e.